The summed E-state index contributed by atoms with van der Waals surface area (Å²) in [5.41, 5.74) is 1.13. The maximum atomic E-state index is 12.4. The van der Waals surface area contributed by atoms with Gasteiger partial charge in [0.2, 0.25) is 3.79 Å². The predicted molar refractivity (Wildman–Crippen MR) is 146 cm³/mol. The molecule has 1 N–H and O–H groups in total. The first-order valence-electron chi connectivity index (χ1n) is 12.0. The highest BCUT2D eigenvalue weighted by atomic mass is 35.6. The number of allylic oxidation sites excluding steroid dienone is 1. The van der Waals surface area contributed by atoms with Crippen LogP contribution in [0.4, 0.5) is 0 Å². The smallest absolute Gasteiger partial charge is 0.497 e. The summed E-state index contributed by atoms with van der Waals surface area (Å²) in [6, 6.07) is 9.95. The van der Waals surface area contributed by atoms with E-state index in [4.69, 9.17) is 53.0 Å². The van der Waals surface area contributed by atoms with E-state index in [2.05, 4.69) is 4.72 Å². The average Bonchev–Trinajstić information content (AvgIpc) is 2.82. The molecular weight excluding hydrogens is 581 g/mol. The summed E-state index contributed by atoms with van der Waals surface area (Å²) in [6.45, 7) is 0.143. The molecule has 10 nitrogen and oxygen atoms in total. The van der Waals surface area contributed by atoms with Crippen molar-refractivity contribution in [2.75, 3.05) is 33.4 Å². The summed E-state index contributed by atoms with van der Waals surface area (Å²) in [4.78, 5) is 25.7. The first-order chi connectivity index (χ1) is 17.9. The molecule has 1 saturated heterocycles. The average molecular weight is 614 g/mol. The molecule has 1 aliphatic heterocycles. The Bertz CT molecular complexity index is 992. The second-order valence-electron chi connectivity index (χ2n) is 8.66. The van der Waals surface area contributed by atoms with Crippen molar-refractivity contribution < 1.29 is 36.2 Å². The van der Waals surface area contributed by atoms with E-state index in [1.54, 1.807) is 13.1 Å². The number of unbranched alkanes of at least 4 members (excludes halogenated alkanes) is 4. The molecule has 1 fully saturated rings. The Morgan fingerprint density at radius 1 is 1.08 bits per heavy atom. The number of carbonyl (C=O) groups excluding carboxylic acids is 2. The molecule has 0 bridgehead atoms. The van der Waals surface area contributed by atoms with Crippen LogP contribution in [0.15, 0.2) is 42.5 Å². The third-order valence-corrected chi connectivity index (χ3v) is 6.43. The molecule has 0 amide bonds. The van der Waals surface area contributed by atoms with Gasteiger partial charge in [0, 0.05) is 6.61 Å². The molecule has 15 heteroatoms. The number of ether oxygens (including phenoxy) is 1. The van der Waals surface area contributed by atoms with Gasteiger partial charge in [0.1, 0.15) is 12.5 Å². The van der Waals surface area contributed by atoms with Gasteiger partial charge >= 0.3 is 29.4 Å². The summed E-state index contributed by atoms with van der Waals surface area (Å²) in [5.74, 6) is -2.66. The molecule has 0 aliphatic carbocycles. The van der Waals surface area contributed by atoms with E-state index in [1.165, 1.54) is 11.0 Å². The van der Waals surface area contributed by atoms with E-state index in [0.29, 0.717) is 19.6 Å². The lowest BCUT2D eigenvalue weighted by Gasteiger charge is -2.26. The number of hydrogen-bond acceptors (Lipinski definition) is 9. The number of nitrogens with one attached hydrogen (secondary N) is 1. The molecular formula is C23H32BCl3N2O8S. The van der Waals surface area contributed by atoms with Gasteiger partial charge in [0.05, 0.1) is 19.7 Å². The lowest BCUT2D eigenvalue weighted by Crippen LogP contribution is -2.53. The SMILES string of the molecule is CN1CC(=O)OB(C(/C=C/CCCCCCOCc2ccccc2)NS(=O)(=O)OCC(Cl)(Cl)Cl)OC(=O)C1. The highest BCUT2D eigenvalue weighted by molar-refractivity contribution is 7.84. The number of benzene rings is 1. The van der Waals surface area contributed by atoms with Crippen LogP contribution >= 0.6 is 34.8 Å². The Morgan fingerprint density at radius 3 is 2.34 bits per heavy atom. The van der Waals surface area contributed by atoms with E-state index < -0.39 is 45.7 Å². The minimum absolute atomic E-state index is 0.173. The quantitative estimate of drug-likeness (QED) is 0.137. The van der Waals surface area contributed by atoms with Gasteiger partial charge in [-0.25, -0.2) is 0 Å². The second kappa shape index (κ2) is 16.7. The molecule has 1 heterocycles. The van der Waals surface area contributed by atoms with Gasteiger partial charge in [-0.3, -0.25) is 18.7 Å². The third-order valence-electron chi connectivity index (χ3n) is 5.11. The van der Waals surface area contributed by atoms with E-state index in [1.807, 2.05) is 30.3 Å². The maximum Gasteiger partial charge on any atom is 0.622 e. The summed E-state index contributed by atoms with van der Waals surface area (Å²) in [6.07, 6.45) is 7.40. The number of likely N-dealkylation sites (N-methyl/N-ethyl adjacent to an activating group) is 1. The van der Waals surface area contributed by atoms with E-state index in [-0.39, 0.29) is 13.1 Å². The fourth-order valence-corrected chi connectivity index (χ4v) is 4.64. The highest BCUT2D eigenvalue weighted by Gasteiger charge is 2.41. The van der Waals surface area contributed by atoms with Crippen LogP contribution in [-0.2, 0) is 44.7 Å². The number of alkyl halides is 3. The molecule has 0 aromatic heterocycles. The van der Waals surface area contributed by atoms with Crippen molar-refractivity contribution in [2.45, 2.75) is 48.4 Å². The van der Waals surface area contributed by atoms with Gasteiger partial charge < -0.3 is 14.0 Å². The van der Waals surface area contributed by atoms with Gasteiger partial charge in [-0.15, -0.1) is 0 Å². The van der Waals surface area contributed by atoms with Crippen LogP contribution in [0.25, 0.3) is 0 Å². The molecule has 1 atom stereocenters. The van der Waals surface area contributed by atoms with E-state index in [0.717, 1.165) is 31.2 Å². The van der Waals surface area contributed by atoms with Crippen molar-refractivity contribution in [3.8, 4) is 0 Å². The standard InChI is InChI=1S/C23H32BCl3N2O8S/c1-29-15-21(30)36-24(37-22(31)16-29)20(28-38(32,33)35-18-23(25,26)27)13-9-4-2-3-5-10-14-34-17-19-11-7-6-8-12-19/h6-9,11-13,20,28H,2-5,10,14-18H2,1H3/b13-9+. The van der Waals surface area contributed by atoms with Crippen molar-refractivity contribution in [1.29, 1.82) is 0 Å². The van der Waals surface area contributed by atoms with Gasteiger partial charge in [0.15, 0.2) is 0 Å². The molecule has 1 aromatic rings. The van der Waals surface area contributed by atoms with Gasteiger partial charge in [-0.2, -0.15) is 13.1 Å². The highest BCUT2D eigenvalue weighted by Crippen LogP contribution is 2.26. The topological polar surface area (TPSA) is 120 Å². The van der Waals surface area contributed by atoms with Crippen LogP contribution < -0.4 is 4.72 Å². The van der Waals surface area contributed by atoms with E-state index in [9.17, 15) is 18.0 Å². The largest absolute Gasteiger partial charge is 0.622 e. The molecule has 212 valence electrons. The van der Waals surface area contributed by atoms with Crippen molar-refractivity contribution in [1.82, 2.24) is 9.62 Å². The van der Waals surface area contributed by atoms with Crippen LogP contribution in [0.3, 0.4) is 0 Å². The molecule has 38 heavy (non-hydrogen) atoms. The summed E-state index contributed by atoms with van der Waals surface area (Å²) in [7, 11) is -4.48. The van der Waals surface area contributed by atoms with Crippen molar-refractivity contribution in [2.24, 2.45) is 0 Å². The third kappa shape index (κ3) is 14.7. The fraction of sp³-hybridized carbons (Fsp3) is 0.565. The lowest BCUT2D eigenvalue weighted by molar-refractivity contribution is -0.145. The molecule has 1 aliphatic rings. The van der Waals surface area contributed by atoms with Crippen LogP contribution in [-0.4, -0.2) is 75.5 Å². The van der Waals surface area contributed by atoms with E-state index >= 15 is 0 Å². The fourth-order valence-electron chi connectivity index (χ4n) is 3.36. The van der Waals surface area contributed by atoms with Crippen molar-refractivity contribution in [3.63, 3.8) is 0 Å². The van der Waals surface area contributed by atoms with Gasteiger partial charge in [-0.05, 0) is 31.9 Å². The van der Waals surface area contributed by atoms with Crippen LogP contribution in [0.2, 0.25) is 0 Å². The maximum absolute atomic E-state index is 12.4. The zero-order valence-corrected chi connectivity index (χ0v) is 24.1. The predicted octanol–water partition coefficient (Wildman–Crippen LogP) is 3.36. The Morgan fingerprint density at radius 2 is 1.71 bits per heavy atom. The number of rotatable bonds is 15. The summed E-state index contributed by atoms with van der Waals surface area (Å²) < 4.78 is 45.8. The Balaban J connectivity index is 1.86. The van der Waals surface area contributed by atoms with Crippen molar-refractivity contribution in [3.05, 3.63) is 48.0 Å². The number of carbonyl (C=O) groups is 2. The second-order valence-corrected chi connectivity index (χ2v) is 12.6. The molecule has 0 saturated carbocycles. The van der Waals surface area contributed by atoms with Gasteiger partial charge in [0.25, 0.3) is 0 Å². The zero-order valence-electron chi connectivity index (χ0n) is 21.0. The molecule has 0 spiro atoms. The van der Waals surface area contributed by atoms with Gasteiger partial charge in [-0.1, -0.05) is 90.1 Å². The minimum atomic E-state index is -4.47. The summed E-state index contributed by atoms with van der Waals surface area (Å²) >= 11 is 16.7. The number of nitrogens with zero attached hydrogens (tertiary/aromatic N) is 1. The zero-order chi connectivity index (χ0) is 28.0. The Kier molecular flexibility index (Phi) is 14.4. The minimum Gasteiger partial charge on any atom is -0.497 e. The molecule has 0 radical (unpaired) electrons. The monoisotopic (exact) mass is 612 g/mol. The molecule has 1 unspecified atom stereocenters. The lowest BCUT2D eigenvalue weighted by atomic mass is 9.78. The van der Waals surface area contributed by atoms with Crippen LogP contribution in [0, 0.1) is 0 Å². The van der Waals surface area contributed by atoms with Crippen molar-refractivity contribution >= 4 is 64.2 Å². The molecule has 2 rings (SSSR count). The summed E-state index contributed by atoms with van der Waals surface area (Å²) in [5, 5.41) is 0. The number of halogens is 3. The van der Waals surface area contributed by atoms with Crippen LogP contribution in [0.5, 0.6) is 0 Å². The first-order valence-corrected chi connectivity index (χ1v) is 14.6. The molecule has 1 aromatic carbocycles. The number of hydrogen-bond donors (Lipinski definition) is 1. The van der Waals surface area contributed by atoms with Crippen LogP contribution in [0.1, 0.15) is 37.7 Å². The Labute approximate surface area is 239 Å². The normalized spacial score (nSPS) is 16.7. The Hall–Kier alpha value is -1.38. The first kappa shape index (κ1) is 32.8.